The highest BCUT2D eigenvalue weighted by Crippen LogP contribution is 2.19. The molecule has 148 valence electrons. The number of benzene rings is 1. The van der Waals surface area contributed by atoms with E-state index in [9.17, 15) is 14.4 Å². The monoisotopic (exact) mass is 375 g/mol. The Labute approximate surface area is 160 Å². The molecule has 1 aliphatic rings. The van der Waals surface area contributed by atoms with Gasteiger partial charge in [-0.05, 0) is 50.5 Å². The fraction of sp³-hybridized carbons (Fsp3) is 0.550. The fourth-order valence-corrected chi connectivity index (χ4v) is 3.04. The summed E-state index contributed by atoms with van der Waals surface area (Å²) >= 11 is 0. The van der Waals surface area contributed by atoms with Gasteiger partial charge in [0.25, 0.3) is 0 Å². The average molecular weight is 375 g/mol. The molecule has 0 spiro atoms. The highest BCUT2D eigenvalue weighted by molar-refractivity contribution is 5.90. The Morgan fingerprint density at radius 3 is 2.30 bits per heavy atom. The van der Waals surface area contributed by atoms with E-state index < -0.39 is 0 Å². The highest BCUT2D eigenvalue weighted by Gasteiger charge is 2.27. The molecule has 27 heavy (non-hydrogen) atoms. The van der Waals surface area contributed by atoms with Gasteiger partial charge in [-0.25, -0.2) is 0 Å². The number of likely N-dealkylation sites (tertiary alicyclic amines) is 1. The van der Waals surface area contributed by atoms with Crippen molar-refractivity contribution in [3.8, 4) is 0 Å². The molecule has 2 N–H and O–H groups in total. The molecular weight excluding hydrogens is 346 g/mol. The van der Waals surface area contributed by atoms with Gasteiger partial charge in [-0.2, -0.15) is 0 Å². The molecule has 1 aromatic rings. The molecule has 2 rings (SSSR count). The van der Waals surface area contributed by atoms with Gasteiger partial charge in [-0.3, -0.25) is 14.4 Å². The van der Waals surface area contributed by atoms with Crippen molar-refractivity contribution in [3.05, 3.63) is 24.3 Å². The van der Waals surface area contributed by atoms with Gasteiger partial charge >= 0.3 is 5.97 Å². The normalized spacial score (nSPS) is 14.5. The van der Waals surface area contributed by atoms with Gasteiger partial charge in [0.2, 0.25) is 11.8 Å². The van der Waals surface area contributed by atoms with Crippen molar-refractivity contribution >= 4 is 29.2 Å². The summed E-state index contributed by atoms with van der Waals surface area (Å²) in [5.74, 6) is -0.247. The molecule has 0 saturated carbocycles. The maximum absolute atomic E-state index is 12.3. The van der Waals surface area contributed by atoms with Crippen molar-refractivity contribution < 1.29 is 19.1 Å². The lowest BCUT2D eigenvalue weighted by atomic mass is 9.97. The Balaban J connectivity index is 1.74. The Kier molecular flexibility index (Phi) is 8.10. The summed E-state index contributed by atoms with van der Waals surface area (Å²) in [6.07, 6.45) is 2.61. The molecule has 0 unspecified atom stereocenters. The SMILES string of the molecule is CCCC(=O)Nc1ccc(NCC(=O)N2CCC(C(=O)OCC)CC2)cc1. The summed E-state index contributed by atoms with van der Waals surface area (Å²) in [5.41, 5.74) is 1.56. The molecule has 0 aromatic heterocycles. The molecule has 1 aliphatic heterocycles. The second kappa shape index (κ2) is 10.5. The predicted octanol–water partition coefficient (Wildman–Crippen LogP) is 2.64. The zero-order valence-corrected chi connectivity index (χ0v) is 16.1. The minimum Gasteiger partial charge on any atom is -0.466 e. The van der Waals surface area contributed by atoms with Crippen LogP contribution in [0.25, 0.3) is 0 Å². The summed E-state index contributed by atoms with van der Waals surface area (Å²) in [7, 11) is 0. The van der Waals surface area contributed by atoms with Crippen molar-refractivity contribution in [2.24, 2.45) is 5.92 Å². The molecule has 2 amide bonds. The third-order valence-corrected chi connectivity index (χ3v) is 4.56. The van der Waals surface area contributed by atoms with Crippen molar-refractivity contribution in [1.82, 2.24) is 4.90 Å². The number of esters is 1. The van der Waals surface area contributed by atoms with Crippen LogP contribution in [-0.4, -0.2) is 48.9 Å². The van der Waals surface area contributed by atoms with Gasteiger partial charge in [0, 0.05) is 30.9 Å². The van der Waals surface area contributed by atoms with E-state index in [2.05, 4.69) is 10.6 Å². The summed E-state index contributed by atoms with van der Waals surface area (Å²) in [4.78, 5) is 37.5. The van der Waals surface area contributed by atoms with Crippen molar-refractivity contribution in [2.45, 2.75) is 39.5 Å². The van der Waals surface area contributed by atoms with Gasteiger partial charge < -0.3 is 20.3 Å². The van der Waals surface area contributed by atoms with Crippen LogP contribution in [0.3, 0.4) is 0 Å². The van der Waals surface area contributed by atoms with Crippen LogP contribution in [-0.2, 0) is 19.1 Å². The first-order valence-electron chi connectivity index (χ1n) is 9.61. The minimum atomic E-state index is -0.158. The molecule has 1 aromatic carbocycles. The number of hydrogen-bond donors (Lipinski definition) is 2. The highest BCUT2D eigenvalue weighted by atomic mass is 16.5. The first kappa shape index (κ1) is 20.7. The Morgan fingerprint density at radius 1 is 1.07 bits per heavy atom. The van der Waals surface area contributed by atoms with E-state index in [0.717, 1.165) is 17.8 Å². The van der Waals surface area contributed by atoms with E-state index in [1.165, 1.54) is 0 Å². The third kappa shape index (κ3) is 6.58. The molecule has 7 nitrogen and oxygen atoms in total. The smallest absolute Gasteiger partial charge is 0.309 e. The molecule has 0 aliphatic carbocycles. The van der Waals surface area contributed by atoms with Gasteiger partial charge in [-0.1, -0.05) is 6.92 Å². The van der Waals surface area contributed by atoms with Crippen LogP contribution in [0, 0.1) is 5.92 Å². The minimum absolute atomic E-state index is 0.000363. The van der Waals surface area contributed by atoms with Gasteiger partial charge in [0.1, 0.15) is 0 Å². The molecule has 0 atom stereocenters. The van der Waals surface area contributed by atoms with E-state index >= 15 is 0 Å². The lowest BCUT2D eigenvalue weighted by Crippen LogP contribution is -2.43. The molecule has 1 fully saturated rings. The molecular formula is C20H29N3O4. The first-order valence-corrected chi connectivity index (χ1v) is 9.61. The van der Waals surface area contributed by atoms with E-state index in [4.69, 9.17) is 4.74 Å². The first-order chi connectivity index (χ1) is 13.0. The molecule has 0 radical (unpaired) electrons. The number of hydrogen-bond acceptors (Lipinski definition) is 5. The largest absolute Gasteiger partial charge is 0.466 e. The summed E-state index contributed by atoms with van der Waals surface area (Å²) in [6.45, 7) is 5.50. The molecule has 0 bridgehead atoms. The molecule has 1 heterocycles. The zero-order chi connectivity index (χ0) is 19.6. The summed E-state index contributed by atoms with van der Waals surface area (Å²) < 4.78 is 5.05. The second-order valence-corrected chi connectivity index (χ2v) is 6.64. The van der Waals surface area contributed by atoms with Crippen LogP contribution in [0.15, 0.2) is 24.3 Å². The van der Waals surface area contributed by atoms with E-state index in [1.807, 2.05) is 31.2 Å². The van der Waals surface area contributed by atoms with E-state index in [1.54, 1.807) is 11.8 Å². The van der Waals surface area contributed by atoms with Crippen molar-refractivity contribution in [1.29, 1.82) is 0 Å². The van der Waals surface area contributed by atoms with Crippen LogP contribution >= 0.6 is 0 Å². The number of nitrogens with one attached hydrogen (secondary N) is 2. The lowest BCUT2D eigenvalue weighted by molar-refractivity contribution is -0.151. The maximum atomic E-state index is 12.3. The summed E-state index contributed by atoms with van der Waals surface area (Å²) in [5, 5.41) is 5.94. The number of nitrogens with zero attached hydrogens (tertiary/aromatic N) is 1. The van der Waals surface area contributed by atoms with Gasteiger partial charge in [0.15, 0.2) is 0 Å². The number of piperidine rings is 1. The van der Waals surface area contributed by atoms with Crippen LogP contribution in [0.5, 0.6) is 0 Å². The average Bonchev–Trinajstić information content (AvgIpc) is 2.67. The number of carbonyl (C=O) groups is 3. The van der Waals surface area contributed by atoms with E-state index in [0.29, 0.717) is 39.0 Å². The van der Waals surface area contributed by atoms with Crippen LogP contribution in [0.1, 0.15) is 39.5 Å². The number of anilines is 2. The predicted molar refractivity (Wildman–Crippen MR) is 104 cm³/mol. The Morgan fingerprint density at radius 2 is 1.70 bits per heavy atom. The van der Waals surface area contributed by atoms with Gasteiger partial charge in [0.05, 0.1) is 19.1 Å². The zero-order valence-electron chi connectivity index (χ0n) is 16.1. The number of amides is 2. The van der Waals surface area contributed by atoms with Crippen molar-refractivity contribution in [2.75, 3.05) is 36.9 Å². The fourth-order valence-electron chi connectivity index (χ4n) is 3.04. The second-order valence-electron chi connectivity index (χ2n) is 6.64. The lowest BCUT2D eigenvalue weighted by Gasteiger charge is -2.31. The number of ether oxygens (including phenoxy) is 1. The van der Waals surface area contributed by atoms with Crippen LogP contribution < -0.4 is 10.6 Å². The Hall–Kier alpha value is -2.57. The van der Waals surface area contributed by atoms with Crippen LogP contribution in [0.2, 0.25) is 0 Å². The summed E-state index contributed by atoms with van der Waals surface area (Å²) in [6, 6.07) is 7.29. The number of carbonyl (C=O) groups excluding carboxylic acids is 3. The van der Waals surface area contributed by atoms with E-state index in [-0.39, 0.29) is 30.2 Å². The number of rotatable bonds is 8. The maximum Gasteiger partial charge on any atom is 0.309 e. The Bertz CT molecular complexity index is 637. The topological polar surface area (TPSA) is 87.7 Å². The quantitative estimate of drug-likeness (QED) is 0.682. The standard InChI is InChI=1S/C20H29N3O4/c1-3-5-18(24)22-17-8-6-16(7-9-17)21-14-19(25)23-12-10-15(11-13-23)20(26)27-4-2/h6-9,15,21H,3-5,10-14H2,1-2H3,(H,22,24). The molecule has 7 heteroatoms. The van der Waals surface area contributed by atoms with Gasteiger partial charge in [-0.15, -0.1) is 0 Å². The molecule has 1 saturated heterocycles. The van der Waals surface area contributed by atoms with Crippen molar-refractivity contribution in [3.63, 3.8) is 0 Å². The third-order valence-electron chi connectivity index (χ3n) is 4.56. The van der Waals surface area contributed by atoms with Crippen LogP contribution in [0.4, 0.5) is 11.4 Å².